The predicted octanol–water partition coefficient (Wildman–Crippen LogP) is 8.35. The molecule has 53 heavy (non-hydrogen) atoms. The van der Waals surface area contributed by atoms with Gasteiger partial charge in [-0.3, -0.25) is 14.9 Å². The third-order valence-electron chi connectivity index (χ3n) is 10.2. The lowest BCUT2D eigenvalue weighted by molar-refractivity contribution is -0.122. The van der Waals surface area contributed by atoms with Crippen molar-refractivity contribution in [3.8, 4) is 11.5 Å². The molecule has 2 atom stereocenters. The second-order valence-corrected chi connectivity index (χ2v) is 13.5. The van der Waals surface area contributed by atoms with Gasteiger partial charge in [-0.15, -0.1) is 0 Å². The summed E-state index contributed by atoms with van der Waals surface area (Å²) < 4.78 is 25.2. The number of ether oxygens (including phenoxy) is 2. The molecule has 0 unspecified atom stereocenters. The van der Waals surface area contributed by atoms with Gasteiger partial charge in [-0.05, 0) is 95.6 Å². The molecule has 0 aliphatic carbocycles. The van der Waals surface area contributed by atoms with Gasteiger partial charge in [-0.2, -0.15) is 0 Å². The van der Waals surface area contributed by atoms with Crippen molar-refractivity contribution in [2.24, 2.45) is 0 Å². The summed E-state index contributed by atoms with van der Waals surface area (Å²) in [6, 6.07) is 34.9. The van der Waals surface area contributed by atoms with E-state index in [1.165, 1.54) is 29.3 Å². The van der Waals surface area contributed by atoms with Crippen LogP contribution in [0.2, 0.25) is 0 Å². The maximum Gasteiger partial charge on any atom is 0.335 e. The van der Waals surface area contributed by atoms with Gasteiger partial charge in [-0.25, -0.2) is 14.1 Å². The summed E-state index contributed by atoms with van der Waals surface area (Å²) in [5.74, 6) is -0.821. The van der Waals surface area contributed by atoms with E-state index in [0.29, 0.717) is 29.4 Å². The topological polar surface area (TPSA) is 88.2 Å². The first-order valence-electron chi connectivity index (χ1n) is 18.0. The number of halogens is 1. The SMILES string of the molecule is CCOc1cc(/C=C2\C(=O)NC(=O)N(c3cc4c5c(c3)[C@H](c3ccccc3)CCN5CC[C@@H]4c3ccccc3)C2=O)ccc1OCc1ccc(F)cc1. The van der Waals surface area contributed by atoms with Crippen molar-refractivity contribution < 1.29 is 28.2 Å². The fourth-order valence-corrected chi connectivity index (χ4v) is 7.77. The van der Waals surface area contributed by atoms with Gasteiger partial charge in [-0.1, -0.05) is 78.9 Å². The van der Waals surface area contributed by atoms with Crippen LogP contribution in [0.5, 0.6) is 11.5 Å². The van der Waals surface area contributed by atoms with E-state index in [1.54, 1.807) is 30.3 Å². The van der Waals surface area contributed by atoms with E-state index in [1.807, 2.05) is 55.5 Å². The number of barbiturate groups is 1. The Balaban J connectivity index is 1.17. The quantitative estimate of drug-likeness (QED) is 0.122. The van der Waals surface area contributed by atoms with Gasteiger partial charge in [0, 0.05) is 30.6 Å². The van der Waals surface area contributed by atoms with E-state index in [4.69, 9.17) is 9.47 Å². The van der Waals surface area contributed by atoms with Crippen molar-refractivity contribution in [2.45, 2.75) is 38.2 Å². The van der Waals surface area contributed by atoms with E-state index < -0.39 is 17.8 Å². The molecule has 0 spiro atoms. The van der Waals surface area contributed by atoms with Gasteiger partial charge in [0.05, 0.1) is 12.3 Å². The number of nitrogens with zero attached hydrogens (tertiary/aromatic N) is 2. The van der Waals surface area contributed by atoms with Crippen LogP contribution in [0.15, 0.2) is 121 Å². The summed E-state index contributed by atoms with van der Waals surface area (Å²) in [5.41, 5.74) is 7.18. The molecule has 1 N–H and O–H groups in total. The molecular formula is C44H38FN3O5. The highest BCUT2D eigenvalue weighted by Gasteiger charge is 2.40. The van der Waals surface area contributed by atoms with Crippen molar-refractivity contribution in [2.75, 3.05) is 29.5 Å². The Morgan fingerprint density at radius 1 is 0.755 bits per heavy atom. The Kier molecular flexibility index (Phi) is 9.22. The predicted molar refractivity (Wildman–Crippen MR) is 202 cm³/mol. The molecule has 3 heterocycles. The van der Waals surface area contributed by atoms with Crippen LogP contribution in [-0.2, 0) is 16.2 Å². The van der Waals surface area contributed by atoms with E-state index in [2.05, 4.69) is 34.5 Å². The Morgan fingerprint density at radius 3 is 1.98 bits per heavy atom. The first-order chi connectivity index (χ1) is 25.9. The lowest BCUT2D eigenvalue weighted by atomic mass is 9.76. The second kappa shape index (κ2) is 14.4. The van der Waals surface area contributed by atoms with Gasteiger partial charge in [0.15, 0.2) is 11.5 Å². The summed E-state index contributed by atoms with van der Waals surface area (Å²) in [4.78, 5) is 44.8. The average molecular weight is 708 g/mol. The summed E-state index contributed by atoms with van der Waals surface area (Å²) in [6.45, 7) is 4.19. The van der Waals surface area contributed by atoms with Gasteiger partial charge in [0.25, 0.3) is 11.8 Å². The van der Waals surface area contributed by atoms with E-state index in [9.17, 15) is 18.8 Å². The summed E-state index contributed by atoms with van der Waals surface area (Å²) >= 11 is 0. The zero-order valence-electron chi connectivity index (χ0n) is 29.3. The number of imide groups is 2. The highest BCUT2D eigenvalue weighted by molar-refractivity contribution is 6.39. The number of carbonyl (C=O) groups excluding carboxylic acids is 3. The first kappa shape index (κ1) is 33.9. The molecule has 8 rings (SSSR count). The van der Waals surface area contributed by atoms with Gasteiger partial charge in [0.2, 0.25) is 0 Å². The molecular weight excluding hydrogens is 669 g/mol. The molecule has 0 saturated carbocycles. The van der Waals surface area contributed by atoms with Crippen molar-refractivity contribution in [1.29, 1.82) is 0 Å². The number of carbonyl (C=O) groups is 3. The number of nitrogens with one attached hydrogen (secondary N) is 1. The lowest BCUT2D eigenvalue weighted by Gasteiger charge is -2.44. The highest BCUT2D eigenvalue weighted by Crippen LogP contribution is 2.50. The van der Waals surface area contributed by atoms with E-state index >= 15 is 0 Å². The summed E-state index contributed by atoms with van der Waals surface area (Å²) in [5, 5.41) is 2.41. The molecule has 0 radical (unpaired) electrons. The molecule has 4 amide bonds. The number of amides is 4. The van der Waals surface area contributed by atoms with Crippen LogP contribution in [0.4, 0.5) is 20.6 Å². The summed E-state index contributed by atoms with van der Waals surface area (Å²) in [6.07, 6.45) is 3.25. The highest BCUT2D eigenvalue weighted by atomic mass is 19.1. The molecule has 266 valence electrons. The van der Waals surface area contributed by atoms with E-state index in [0.717, 1.165) is 53.2 Å². The molecule has 5 aromatic carbocycles. The number of urea groups is 1. The Hall–Kier alpha value is -6.22. The number of hydrogen-bond donors (Lipinski definition) is 1. The van der Waals surface area contributed by atoms with Crippen molar-refractivity contribution in [1.82, 2.24) is 5.32 Å². The van der Waals surface area contributed by atoms with Gasteiger partial charge < -0.3 is 14.4 Å². The zero-order valence-corrected chi connectivity index (χ0v) is 29.3. The monoisotopic (exact) mass is 707 g/mol. The van der Waals surface area contributed by atoms with Crippen LogP contribution in [0, 0.1) is 5.82 Å². The molecule has 3 aliphatic rings. The standard InChI is InChI=1S/C44H38FN3O5/c1-2-52-40-24-29(15-18-39(40)53-27-28-13-16-32(45)17-14-28)23-38-42(49)46-44(51)48(43(38)50)33-25-36-34(30-9-5-3-6-10-30)19-21-47-22-20-35(37(26-33)41(36)47)31-11-7-4-8-12-31/h3-18,23-26,34-35H,2,19-22,27H2,1H3,(H,46,49,51)/b38-23+/t34-,35+. The second-order valence-electron chi connectivity index (χ2n) is 13.5. The van der Waals surface area contributed by atoms with Crippen LogP contribution in [-0.4, -0.2) is 37.5 Å². The third kappa shape index (κ3) is 6.66. The fraction of sp³-hybridized carbons (Fsp3) is 0.205. The average Bonchev–Trinajstić information content (AvgIpc) is 3.18. The normalized spacial score (nSPS) is 18.8. The molecule has 5 aromatic rings. The molecule has 9 heteroatoms. The zero-order chi connectivity index (χ0) is 36.5. The lowest BCUT2D eigenvalue weighted by Crippen LogP contribution is -2.54. The Bertz CT molecular complexity index is 2150. The van der Waals surface area contributed by atoms with Gasteiger partial charge in [0.1, 0.15) is 18.0 Å². The molecule has 0 bridgehead atoms. The fourth-order valence-electron chi connectivity index (χ4n) is 7.77. The minimum absolute atomic E-state index is 0.0658. The van der Waals surface area contributed by atoms with Crippen molar-refractivity contribution in [3.05, 3.63) is 160 Å². The van der Waals surface area contributed by atoms with Crippen molar-refractivity contribution in [3.63, 3.8) is 0 Å². The van der Waals surface area contributed by atoms with Crippen molar-refractivity contribution >= 4 is 35.3 Å². The van der Waals surface area contributed by atoms with E-state index in [-0.39, 0.29) is 29.8 Å². The minimum atomic E-state index is -0.792. The van der Waals surface area contributed by atoms with Crippen LogP contribution in [0.3, 0.4) is 0 Å². The first-order valence-corrected chi connectivity index (χ1v) is 18.0. The maximum atomic E-state index is 14.3. The minimum Gasteiger partial charge on any atom is -0.490 e. The maximum absolute atomic E-state index is 14.3. The molecule has 0 aromatic heterocycles. The molecule has 8 nitrogen and oxygen atoms in total. The number of hydrogen-bond acceptors (Lipinski definition) is 6. The number of benzene rings is 5. The number of anilines is 2. The van der Waals surface area contributed by atoms with Crippen LogP contribution in [0.25, 0.3) is 6.08 Å². The largest absolute Gasteiger partial charge is 0.490 e. The third-order valence-corrected chi connectivity index (χ3v) is 10.2. The molecule has 1 saturated heterocycles. The van der Waals surface area contributed by atoms with Gasteiger partial charge >= 0.3 is 6.03 Å². The Labute approximate surface area is 307 Å². The smallest absolute Gasteiger partial charge is 0.335 e. The molecule has 3 aliphatic heterocycles. The van der Waals surface area contributed by atoms with Crippen LogP contribution in [0.1, 0.15) is 65.0 Å². The van der Waals surface area contributed by atoms with Crippen LogP contribution >= 0.6 is 0 Å². The number of rotatable bonds is 9. The molecule has 1 fully saturated rings. The van der Waals surface area contributed by atoms with Crippen LogP contribution < -0.4 is 24.6 Å². The summed E-state index contributed by atoms with van der Waals surface area (Å²) in [7, 11) is 0. The Morgan fingerprint density at radius 2 is 1.38 bits per heavy atom.